The molecule has 1 N–H and O–H groups in total. The van der Waals surface area contributed by atoms with E-state index in [9.17, 15) is 9.59 Å². The van der Waals surface area contributed by atoms with Crippen molar-refractivity contribution in [3.8, 4) is 0 Å². The van der Waals surface area contributed by atoms with Crippen molar-refractivity contribution in [2.24, 2.45) is 0 Å². The molecular formula is C16H13N3O2S. The molecule has 0 unspecified atom stereocenters. The molecule has 5 nitrogen and oxygen atoms in total. The van der Waals surface area contributed by atoms with Crippen LogP contribution in [0.15, 0.2) is 40.6 Å². The van der Waals surface area contributed by atoms with Gasteiger partial charge in [0, 0.05) is 23.9 Å². The first-order valence-corrected chi connectivity index (χ1v) is 7.87. The molecule has 22 heavy (non-hydrogen) atoms. The minimum absolute atomic E-state index is 0.0791. The monoisotopic (exact) mass is 311 g/mol. The van der Waals surface area contributed by atoms with E-state index in [1.54, 1.807) is 4.40 Å². The van der Waals surface area contributed by atoms with Crippen LogP contribution in [0.5, 0.6) is 0 Å². The predicted molar refractivity (Wildman–Crippen MR) is 85.6 cm³/mol. The van der Waals surface area contributed by atoms with E-state index in [1.807, 2.05) is 42.8 Å². The number of fused-ring (bicyclic) bond motifs is 3. The van der Waals surface area contributed by atoms with Gasteiger partial charge in [0.05, 0.1) is 5.56 Å². The van der Waals surface area contributed by atoms with Gasteiger partial charge in [-0.25, -0.2) is 0 Å². The third-order valence-corrected chi connectivity index (χ3v) is 4.71. The van der Waals surface area contributed by atoms with Gasteiger partial charge >= 0.3 is 0 Å². The van der Waals surface area contributed by atoms with Crippen molar-refractivity contribution in [1.82, 2.24) is 9.38 Å². The Labute approximate surface area is 130 Å². The van der Waals surface area contributed by atoms with E-state index in [4.69, 9.17) is 0 Å². The number of thiazole rings is 1. The van der Waals surface area contributed by atoms with Crippen LogP contribution in [0.4, 0.5) is 5.82 Å². The normalized spacial score (nSPS) is 17.3. The Balaban J connectivity index is 2.01. The summed E-state index contributed by atoms with van der Waals surface area (Å²) in [5, 5.41) is 4.69. The van der Waals surface area contributed by atoms with Gasteiger partial charge in [-0.2, -0.15) is 4.98 Å². The summed E-state index contributed by atoms with van der Waals surface area (Å²) in [6.45, 7) is 2.00. The number of nitrogens with one attached hydrogen (secondary N) is 1. The summed E-state index contributed by atoms with van der Waals surface area (Å²) < 4.78 is 1.78. The summed E-state index contributed by atoms with van der Waals surface area (Å²) >= 11 is 1.38. The molecule has 0 spiro atoms. The zero-order valence-electron chi connectivity index (χ0n) is 11.9. The Kier molecular flexibility index (Phi) is 2.87. The van der Waals surface area contributed by atoms with Crippen LogP contribution in [0.3, 0.4) is 0 Å². The van der Waals surface area contributed by atoms with E-state index in [2.05, 4.69) is 10.3 Å². The Morgan fingerprint density at radius 1 is 1.36 bits per heavy atom. The molecule has 1 aliphatic heterocycles. The topological polar surface area (TPSA) is 63.5 Å². The smallest absolute Gasteiger partial charge is 0.279 e. The van der Waals surface area contributed by atoms with E-state index in [0.717, 1.165) is 11.1 Å². The zero-order chi connectivity index (χ0) is 15.3. The lowest BCUT2D eigenvalue weighted by Crippen LogP contribution is -2.31. The number of hydrogen-bond donors (Lipinski definition) is 1. The fraction of sp³-hybridized carbons (Fsp3) is 0.188. The van der Waals surface area contributed by atoms with Crippen LogP contribution < -0.4 is 10.9 Å². The highest BCUT2D eigenvalue weighted by atomic mass is 32.1. The van der Waals surface area contributed by atoms with Gasteiger partial charge in [-0.15, -0.1) is 11.3 Å². The molecule has 2 aromatic heterocycles. The molecule has 0 bridgehead atoms. The maximum Gasteiger partial charge on any atom is 0.279 e. The van der Waals surface area contributed by atoms with Crippen molar-refractivity contribution in [3.05, 3.63) is 62.9 Å². The van der Waals surface area contributed by atoms with Crippen LogP contribution in [-0.2, 0) is 4.79 Å². The number of rotatable bonds is 1. The van der Waals surface area contributed by atoms with Crippen molar-refractivity contribution in [2.75, 3.05) is 5.32 Å². The first-order valence-electron chi connectivity index (χ1n) is 6.99. The van der Waals surface area contributed by atoms with Gasteiger partial charge in [-0.05, 0) is 12.5 Å². The standard InChI is InChI=1S/C16H13N3O2S/c1-9-3-2-4-10(7-9)11-8-12(20)17-14-13(11)15(21)18-16-19(14)5-6-22-16/h2-7,11H,8H2,1H3,(H,17,20)/t11-/m0/s1. The number of nitrogens with zero attached hydrogens (tertiary/aromatic N) is 2. The Morgan fingerprint density at radius 3 is 3.05 bits per heavy atom. The highest BCUT2D eigenvalue weighted by Crippen LogP contribution is 2.35. The van der Waals surface area contributed by atoms with E-state index >= 15 is 0 Å². The molecule has 4 rings (SSSR count). The van der Waals surface area contributed by atoms with Gasteiger partial charge in [0.1, 0.15) is 5.82 Å². The predicted octanol–water partition coefficient (Wildman–Crippen LogP) is 2.54. The molecule has 1 aromatic carbocycles. The Bertz CT molecular complexity index is 957. The van der Waals surface area contributed by atoms with Gasteiger partial charge in [0.15, 0.2) is 4.96 Å². The molecule has 1 aliphatic rings. The zero-order valence-corrected chi connectivity index (χ0v) is 12.7. The second-order valence-corrected chi connectivity index (χ2v) is 6.33. The molecule has 0 aliphatic carbocycles. The molecule has 6 heteroatoms. The molecule has 0 saturated carbocycles. The number of carbonyl (C=O) groups excluding carboxylic acids is 1. The third kappa shape index (κ3) is 1.95. The lowest BCUT2D eigenvalue weighted by molar-refractivity contribution is -0.116. The lowest BCUT2D eigenvalue weighted by Gasteiger charge is -2.25. The second kappa shape index (κ2) is 4.78. The summed E-state index contributed by atoms with van der Waals surface area (Å²) in [5.41, 5.74) is 2.39. The number of aryl methyl sites for hydroxylation is 1. The van der Waals surface area contributed by atoms with Crippen LogP contribution in [0.2, 0.25) is 0 Å². The van der Waals surface area contributed by atoms with Gasteiger partial charge in [0.2, 0.25) is 5.91 Å². The van der Waals surface area contributed by atoms with E-state index in [-0.39, 0.29) is 23.8 Å². The molecule has 3 heterocycles. The van der Waals surface area contributed by atoms with Gasteiger partial charge in [-0.3, -0.25) is 14.0 Å². The molecule has 0 fully saturated rings. The fourth-order valence-corrected chi connectivity index (χ4v) is 3.69. The maximum absolute atomic E-state index is 12.5. The minimum Gasteiger partial charge on any atom is -0.311 e. The number of anilines is 1. The van der Waals surface area contributed by atoms with Crippen LogP contribution in [0.1, 0.15) is 29.0 Å². The van der Waals surface area contributed by atoms with Gasteiger partial charge in [0.25, 0.3) is 5.56 Å². The second-order valence-electron chi connectivity index (χ2n) is 5.45. The van der Waals surface area contributed by atoms with Crippen LogP contribution >= 0.6 is 11.3 Å². The molecule has 110 valence electrons. The van der Waals surface area contributed by atoms with E-state index < -0.39 is 0 Å². The van der Waals surface area contributed by atoms with Crippen LogP contribution in [-0.4, -0.2) is 15.3 Å². The SMILES string of the molecule is Cc1cccc([C@@H]2CC(=O)Nc3c2c(=O)nc2sccn32)c1. The molecule has 0 saturated heterocycles. The highest BCUT2D eigenvalue weighted by molar-refractivity contribution is 7.15. The lowest BCUT2D eigenvalue weighted by atomic mass is 9.86. The molecular weight excluding hydrogens is 298 g/mol. The van der Waals surface area contributed by atoms with Crippen molar-refractivity contribution in [1.29, 1.82) is 0 Å². The summed E-state index contributed by atoms with van der Waals surface area (Å²) in [6.07, 6.45) is 2.09. The number of benzene rings is 1. The first-order chi connectivity index (χ1) is 10.6. The largest absolute Gasteiger partial charge is 0.311 e. The van der Waals surface area contributed by atoms with Crippen molar-refractivity contribution < 1.29 is 4.79 Å². The van der Waals surface area contributed by atoms with E-state index in [1.165, 1.54) is 11.3 Å². The van der Waals surface area contributed by atoms with Crippen molar-refractivity contribution >= 4 is 28.0 Å². The van der Waals surface area contributed by atoms with Crippen LogP contribution in [0.25, 0.3) is 4.96 Å². The maximum atomic E-state index is 12.5. The summed E-state index contributed by atoms with van der Waals surface area (Å²) in [7, 11) is 0. The molecule has 1 amide bonds. The first kappa shape index (κ1) is 13.2. The Hall–Kier alpha value is -2.47. The third-order valence-electron chi connectivity index (χ3n) is 3.95. The van der Waals surface area contributed by atoms with Crippen molar-refractivity contribution in [3.63, 3.8) is 0 Å². The molecule has 0 radical (unpaired) electrons. The molecule has 3 aromatic rings. The quantitative estimate of drug-likeness (QED) is 0.751. The Morgan fingerprint density at radius 2 is 2.23 bits per heavy atom. The number of aromatic nitrogens is 2. The summed E-state index contributed by atoms with van der Waals surface area (Å²) in [4.78, 5) is 29.3. The fourth-order valence-electron chi connectivity index (χ4n) is 2.98. The number of hydrogen-bond acceptors (Lipinski definition) is 4. The van der Waals surface area contributed by atoms with E-state index in [0.29, 0.717) is 16.3 Å². The average Bonchev–Trinajstić information content (AvgIpc) is 2.94. The highest BCUT2D eigenvalue weighted by Gasteiger charge is 2.31. The molecule has 1 atom stereocenters. The van der Waals surface area contributed by atoms with Gasteiger partial charge < -0.3 is 5.32 Å². The minimum atomic E-state index is -0.260. The van der Waals surface area contributed by atoms with Crippen molar-refractivity contribution in [2.45, 2.75) is 19.3 Å². The van der Waals surface area contributed by atoms with Crippen LogP contribution in [0, 0.1) is 6.92 Å². The number of carbonyl (C=O) groups is 1. The van der Waals surface area contributed by atoms with Gasteiger partial charge in [-0.1, -0.05) is 29.8 Å². The summed E-state index contributed by atoms with van der Waals surface area (Å²) in [5.74, 6) is 0.226. The average molecular weight is 311 g/mol. The number of amides is 1. The summed E-state index contributed by atoms with van der Waals surface area (Å²) in [6, 6.07) is 7.93.